The summed E-state index contributed by atoms with van der Waals surface area (Å²) in [5.74, 6) is 0.140. The molecule has 0 spiro atoms. The largest absolute Gasteiger partial charge is 0.392 e. The Bertz CT molecular complexity index is 538. The predicted octanol–water partition coefficient (Wildman–Crippen LogP) is 0.567. The van der Waals surface area contributed by atoms with Crippen molar-refractivity contribution in [1.29, 1.82) is 0 Å². The van der Waals surface area contributed by atoms with Crippen LogP contribution in [-0.2, 0) is 4.79 Å². The van der Waals surface area contributed by atoms with Crippen molar-refractivity contribution in [1.82, 2.24) is 15.1 Å². The van der Waals surface area contributed by atoms with Crippen LogP contribution in [0.4, 0.5) is 0 Å². The third-order valence-corrected chi connectivity index (χ3v) is 4.56. The SMILES string of the molecule is O=C([C@H]1C[C@@H](O)CN1)N1CCN(C/C=C/c2ccccc2)CC1. The first kappa shape index (κ1) is 16.2. The van der Waals surface area contributed by atoms with Crippen molar-refractivity contribution in [2.45, 2.75) is 18.6 Å². The number of piperazine rings is 1. The molecule has 5 heteroatoms. The van der Waals surface area contributed by atoms with E-state index in [4.69, 9.17) is 0 Å². The van der Waals surface area contributed by atoms with E-state index in [9.17, 15) is 9.90 Å². The number of aliphatic hydroxyl groups is 1. The summed E-state index contributed by atoms with van der Waals surface area (Å²) < 4.78 is 0. The van der Waals surface area contributed by atoms with Gasteiger partial charge in [0.15, 0.2) is 0 Å². The highest BCUT2D eigenvalue weighted by molar-refractivity contribution is 5.82. The average molecular weight is 315 g/mol. The second-order valence-corrected chi connectivity index (χ2v) is 6.29. The molecule has 0 aromatic heterocycles. The number of β-amino-alcohol motifs (C(OH)–C–C–N with tert-alkyl or cyclic N) is 1. The standard InChI is InChI=1S/C18H25N3O2/c22-16-13-17(19-14-16)18(23)21-11-9-20(10-12-21)8-4-7-15-5-2-1-3-6-15/h1-7,16-17,19,22H,8-14H2/b7-4+/t16-,17-/m1/s1. The molecule has 5 nitrogen and oxygen atoms in total. The molecule has 0 saturated carbocycles. The van der Waals surface area contributed by atoms with Gasteiger partial charge in [-0.3, -0.25) is 9.69 Å². The second kappa shape index (κ2) is 7.73. The quantitative estimate of drug-likeness (QED) is 0.853. The van der Waals surface area contributed by atoms with Gasteiger partial charge in [0, 0.05) is 39.3 Å². The van der Waals surface area contributed by atoms with Crippen LogP contribution in [0.2, 0.25) is 0 Å². The molecule has 2 fully saturated rings. The van der Waals surface area contributed by atoms with E-state index < -0.39 is 0 Å². The molecular weight excluding hydrogens is 290 g/mol. The fraction of sp³-hybridized carbons (Fsp3) is 0.500. The van der Waals surface area contributed by atoms with Gasteiger partial charge in [0.1, 0.15) is 0 Å². The van der Waals surface area contributed by atoms with Gasteiger partial charge in [0.05, 0.1) is 12.1 Å². The number of hydrogen-bond donors (Lipinski definition) is 2. The van der Waals surface area contributed by atoms with Crippen molar-refractivity contribution >= 4 is 12.0 Å². The number of rotatable bonds is 4. The van der Waals surface area contributed by atoms with Gasteiger partial charge in [0.25, 0.3) is 0 Å². The molecule has 2 aliphatic heterocycles. The maximum absolute atomic E-state index is 12.4. The molecule has 2 aliphatic rings. The summed E-state index contributed by atoms with van der Waals surface area (Å²) in [6, 6.07) is 10.1. The first-order valence-corrected chi connectivity index (χ1v) is 8.36. The Morgan fingerprint density at radius 1 is 1.22 bits per heavy atom. The molecular formula is C18H25N3O2. The van der Waals surface area contributed by atoms with Gasteiger partial charge in [-0.25, -0.2) is 0 Å². The van der Waals surface area contributed by atoms with Gasteiger partial charge in [-0.05, 0) is 12.0 Å². The predicted molar refractivity (Wildman–Crippen MR) is 90.9 cm³/mol. The number of hydrogen-bond acceptors (Lipinski definition) is 4. The van der Waals surface area contributed by atoms with Crippen molar-refractivity contribution in [3.05, 3.63) is 42.0 Å². The molecule has 0 unspecified atom stereocenters. The fourth-order valence-electron chi connectivity index (χ4n) is 3.18. The van der Waals surface area contributed by atoms with E-state index in [0.29, 0.717) is 13.0 Å². The van der Waals surface area contributed by atoms with Gasteiger partial charge in [-0.2, -0.15) is 0 Å². The summed E-state index contributed by atoms with van der Waals surface area (Å²) in [4.78, 5) is 16.7. The van der Waals surface area contributed by atoms with E-state index in [-0.39, 0.29) is 18.1 Å². The lowest BCUT2D eigenvalue weighted by molar-refractivity contribution is -0.134. The van der Waals surface area contributed by atoms with Gasteiger partial charge in [-0.1, -0.05) is 42.5 Å². The maximum atomic E-state index is 12.4. The molecule has 0 bridgehead atoms. The Hall–Kier alpha value is -1.69. The third-order valence-electron chi connectivity index (χ3n) is 4.56. The molecule has 1 aromatic carbocycles. The minimum absolute atomic E-state index is 0.140. The van der Waals surface area contributed by atoms with E-state index in [1.54, 1.807) is 0 Å². The van der Waals surface area contributed by atoms with Crippen LogP contribution in [0.5, 0.6) is 0 Å². The van der Waals surface area contributed by atoms with Crippen LogP contribution in [0, 0.1) is 0 Å². The first-order valence-electron chi connectivity index (χ1n) is 8.36. The molecule has 2 N–H and O–H groups in total. The number of nitrogens with zero attached hydrogens (tertiary/aromatic N) is 2. The Kier molecular flexibility index (Phi) is 5.43. The highest BCUT2D eigenvalue weighted by atomic mass is 16.3. The second-order valence-electron chi connectivity index (χ2n) is 6.29. The number of aliphatic hydroxyl groups excluding tert-OH is 1. The molecule has 1 amide bonds. The zero-order valence-corrected chi connectivity index (χ0v) is 13.4. The molecule has 1 aromatic rings. The molecule has 0 radical (unpaired) electrons. The number of amides is 1. The first-order chi connectivity index (χ1) is 11.2. The lowest BCUT2D eigenvalue weighted by Gasteiger charge is -2.35. The normalized spacial score (nSPS) is 26.0. The molecule has 2 heterocycles. The lowest BCUT2D eigenvalue weighted by Crippen LogP contribution is -2.52. The number of nitrogens with one attached hydrogen (secondary N) is 1. The van der Waals surface area contributed by atoms with E-state index >= 15 is 0 Å². The molecule has 124 valence electrons. The van der Waals surface area contributed by atoms with Crippen molar-refractivity contribution in [2.75, 3.05) is 39.3 Å². The summed E-state index contributed by atoms with van der Waals surface area (Å²) in [6.45, 7) is 4.79. The summed E-state index contributed by atoms with van der Waals surface area (Å²) >= 11 is 0. The Morgan fingerprint density at radius 2 is 1.96 bits per heavy atom. The Morgan fingerprint density at radius 3 is 2.61 bits per heavy atom. The Labute approximate surface area is 137 Å². The van der Waals surface area contributed by atoms with E-state index in [1.165, 1.54) is 5.56 Å². The molecule has 23 heavy (non-hydrogen) atoms. The molecule has 3 rings (SSSR count). The van der Waals surface area contributed by atoms with Crippen LogP contribution in [0.3, 0.4) is 0 Å². The topological polar surface area (TPSA) is 55.8 Å². The van der Waals surface area contributed by atoms with Crippen molar-refractivity contribution in [2.24, 2.45) is 0 Å². The fourth-order valence-corrected chi connectivity index (χ4v) is 3.18. The van der Waals surface area contributed by atoms with Crippen molar-refractivity contribution in [3.8, 4) is 0 Å². The average Bonchev–Trinajstić information content (AvgIpc) is 3.02. The summed E-state index contributed by atoms with van der Waals surface area (Å²) in [7, 11) is 0. The Balaban J connectivity index is 1.42. The van der Waals surface area contributed by atoms with Crippen LogP contribution >= 0.6 is 0 Å². The zero-order chi connectivity index (χ0) is 16.1. The maximum Gasteiger partial charge on any atom is 0.239 e. The lowest BCUT2D eigenvalue weighted by atomic mass is 10.1. The highest BCUT2D eigenvalue weighted by Crippen LogP contribution is 2.12. The van der Waals surface area contributed by atoms with Crippen LogP contribution in [0.15, 0.2) is 36.4 Å². The molecule has 2 atom stereocenters. The van der Waals surface area contributed by atoms with Gasteiger partial charge in [0.2, 0.25) is 5.91 Å². The van der Waals surface area contributed by atoms with Crippen molar-refractivity contribution in [3.63, 3.8) is 0 Å². The minimum atomic E-state index is -0.381. The number of carbonyl (C=O) groups excluding carboxylic acids is 1. The summed E-state index contributed by atoms with van der Waals surface area (Å²) in [5.41, 5.74) is 1.21. The van der Waals surface area contributed by atoms with Crippen LogP contribution in [0.25, 0.3) is 6.08 Å². The number of carbonyl (C=O) groups is 1. The van der Waals surface area contributed by atoms with E-state index in [1.807, 2.05) is 23.1 Å². The van der Waals surface area contributed by atoms with Crippen LogP contribution in [-0.4, -0.2) is 72.2 Å². The van der Waals surface area contributed by atoms with Crippen molar-refractivity contribution < 1.29 is 9.90 Å². The summed E-state index contributed by atoms with van der Waals surface area (Å²) in [5, 5.41) is 12.6. The van der Waals surface area contributed by atoms with Crippen LogP contribution < -0.4 is 5.32 Å². The number of benzene rings is 1. The molecule has 2 saturated heterocycles. The van der Waals surface area contributed by atoms with E-state index in [0.717, 1.165) is 32.7 Å². The van der Waals surface area contributed by atoms with Gasteiger partial charge < -0.3 is 15.3 Å². The minimum Gasteiger partial charge on any atom is -0.392 e. The zero-order valence-electron chi connectivity index (χ0n) is 13.4. The van der Waals surface area contributed by atoms with Crippen LogP contribution in [0.1, 0.15) is 12.0 Å². The van der Waals surface area contributed by atoms with Gasteiger partial charge >= 0.3 is 0 Å². The van der Waals surface area contributed by atoms with Gasteiger partial charge in [-0.15, -0.1) is 0 Å². The molecule has 0 aliphatic carbocycles. The monoisotopic (exact) mass is 315 g/mol. The van der Waals surface area contributed by atoms with E-state index in [2.05, 4.69) is 34.5 Å². The smallest absolute Gasteiger partial charge is 0.239 e. The summed E-state index contributed by atoms with van der Waals surface area (Å²) in [6.07, 6.45) is 4.48. The highest BCUT2D eigenvalue weighted by Gasteiger charge is 2.32. The third kappa shape index (κ3) is 4.41.